The minimum Gasteiger partial charge on any atom is -0.389 e. The van der Waals surface area contributed by atoms with Crippen molar-refractivity contribution >= 4 is 44.5 Å². The number of thiocarbonyl (C=S) groups is 1. The lowest BCUT2D eigenvalue weighted by Gasteiger charge is -2.24. The number of hydrogen-bond acceptors (Lipinski definition) is 2. The molecule has 2 aromatic carbocycles. The Morgan fingerprint density at radius 1 is 1.30 bits per heavy atom. The maximum atomic E-state index is 13.9. The Morgan fingerprint density at radius 3 is 2.55 bits per heavy atom. The van der Waals surface area contributed by atoms with Crippen molar-refractivity contribution < 1.29 is 4.39 Å². The van der Waals surface area contributed by atoms with Gasteiger partial charge in [0.15, 0.2) is 0 Å². The highest BCUT2D eigenvalue weighted by molar-refractivity contribution is 9.10. The van der Waals surface area contributed by atoms with Crippen LogP contribution in [0.5, 0.6) is 0 Å². The zero-order valence-electron chi connectivity index (χ0n) is 10.9. The van der Waals surface area contributed by atoms with Crippen LogP contribution in [-0.2, 0) is 0 Å². The van der Waals surface area contributed by atoms with Gasteiger partial charge in [-0.3, -0.25) is 0 Å². The highest BCUT2D eigenvalue weighted by Gasteiger charge is 2.13. The second-order valence-electron chi connectivity index (χ2n) is 4.22. The van der Waals surface area contributed by atoms with E-state index in [-0.39, 0.29) is 5.82 Å². The minimum atomic E-state index is -0.246. The molecular formula is C15H14BrFN2S. The third-order valence-corrected chi connectivity index (χ3v) is 3.87. The van der Waals surface area contributed by atoms with Crippen LogP contribution >= 0.6 is 28.1 Å². The molecule has 0 amide bonds. The summed E-state index contributed by atoms with van der Waals surface area (Å²) in [6.45, 7) is 2.63. The first-order valence-corrected chi connectivity index (χ1v) is 7.36. The van der Waals surface area contributed by atoms with E-state index in [2.05, 4.69) is 15.9 Å². The topological polar surface area (TPSA) is 29.3 Å². The molecule has 104 valence electrons. The maximum absolute atomic E-state index is 13.9. The molecule has 0 spiro atoms. The number of nitrogens with zero attached hydrogens (tertiary/aromatic N) is 1. The monoisotopic (exact) mass is 352 g/mol. The molecule has 20 heavy (non-hydrogen) atoms. The lowest BCUT2D eigenvalue weighted by atomic mass is 10.1. The Balaban J connectivity index is 2.46. The van der Waals surface area contributed by atoms with Crippen molar-refractivity contribution in [1.29, 1.82) is 0 Å². The van der Waals surface area contributed by atoms with Crippen molar-refractivity contribution in [3.05, 3.63) is 58.3 Å². The van der Waals surface area contributed by atoms with Gasteiger partial charge in [-0.1, -0.05) is 24.4 Å². The third kappa shape index (κ3) is 2.99. The van der Waals surface area contributed by atoms with Gasteiger partial charge in [0, 0.05) is 22.3 Å². The van der Waals surface area contributed by atoms with E-state index in [1.165, 1.54) is 6.07 Å². The molecule has 5 heteroatoms. The van der Waals surface area contributed by atoms with Crippen LogP contribution in [-0.4, -0.2) is 11.5 Å². The van der Waals surface area contributed by atoms with Crippen LogP contribution in [0.1, 0.15) is 12.5 Å². The smallest absolute Gasteiger partial charge is 0.146 e. The lowest BCUT2D eigenvalue weighted by Crippen LogP contribution is -2.18. The van der Waals surface area contributed by atoms with E-state index >= 15 is 0 Å². The largest absolute Gasteiger partial charge is 0.389 e. The zero-order chi connectivity index (χ0) is 14.7. The molecule has 0 radical (unpaired) electrons. The molecule has 2 nitrogen and oxygen atoms in total. The minimum absolute atomic E-state index is 0.246. The van der Waals surface area contributed by atoms with E-state index in [0.29, 0.717) is 17.2 Å². The molecule has 2 N–H and O–H groups in total. The SMILES string of the molecule is CCN(c1ccc(C(N)=S)c(Br)c1)c1ccccc1F. The first-order valence-electron chi connectivity index (χ1n) is 6.16. The van der Waals surface area contributed by atoms with Crippen molar-refractivity contribution in [2.75, 3.05) is 11.4 Å². The van der Waals surface area contributed by atoms with Gasteiger partial charge in [-0.2, -0.15) is 0 Å². The van der Waals surface area contributed by atoms with E-state index in [1.807, 2.05) is 36.1 Å². The summed E-state index contributed by atoms with van der Waals surface area (Å²) in [4.78, 5) is 2.22. The van der Waals surface area contributed by atoms with Crippen molar-refractivity contribution in [2.45, 2.75) is 6.92 Å². The predicted octanol–water partition coefficient (Wildman–Crippen LogP) is 4.38. The molecule has 0 aliphatic heterocycles. The fraction of sp³-hybridized carbons (Fsp3) is 0.133. The Hall–Kier alpha value is -1.46. The molecule has 2 aromatic rings. The Labute approximate surface area is 131 Å². The molecule has 0 unspecified atom stereocenters. The van der Waals surface area contributed by atoms with Gasteiger partial charge in [-0.05, 0) is 53.2 Å². The average molecular weight is 353 g/mol. The van der Waals surface area contributed by atoms with Crippen LogP contribution in [0.25, 0.3) is 0 Å². The molecule has 0 atom stereocenters. The van der Waals surface area contributed by atoms with Crippen LogP contribution in [0.4, 0.5) is 15.8 Å². The van der Waals surface area contributed by atoms with Gasteiger partial charge in [0.1, 0.15) is 10.8 Å². The van der Waals surface area contributed by atoms with Crippen LogP contribution < -0.4 is 10.6 Å². The summed E-state index contributed by atoms with van der Waals surface area (Å²) in [5.41, 5.74) is 7.83. The second kappa shape index (κ2) is 6.33. The van der Waals surface area contributed by atoms with Crippen molar-refractivity contribution in [3.63, 3.8) is 0 Å². The molecular weight excluding hydrogens is 339 g/mol. The lowest BCUT2D eigenvalue weighted by molar-refractivity contribution is 0.625. The number of rotatable bonds is 4. The van der Waals surface area contributed by atoms with E-state index in [9.17, 15) is 4.39 Å². The molecule has 0 saturated heterocycles. The molecule has 0 fully saturated rings. The van der Waals surface area contributed by atoms with Crippen molar-refractivity contribution in [2.24, 2.45) is 5.73 Å². The van der Waals surface area contributed by atoms with Gasteiger partial charge in [0.2, 0.25) is 0 Å². The first-order chi connectivity index (χ1) is 9.54. The Morgan fingerprint density at radius 2 is 2.00 bits per heavy atom. The second-order valence-corrected chi connectivity index (χ2v) is 5.52. The third-order valence-electron chi connectivity index (χ3n) is 2.99. The number of halogens is 2. The summed E-state index contributed by atoms with van der Waals surface area (Å²) in [5, 5.41) is 0. The molecule has 0 aromatic heterocycles. The van der Waals surface area contributed by atoms with E-state index in [1.54, 1.807) is 12.1 Å². The molecule has 0 heterocycles. The fourth-order valence-electron chi connectivity index (χ4n) is 2.03. The van der Waals surface area contributed by atoms with Gasteiger partial charge in [-0.25, -0.2) is 4.39 Å². The van der Waals surface area contributed by atoms with Gasteiger partial charge < -0.3 is 10.6 Å². The molecule has 0 aliphatic carbocycles. The van der Waals surface area contributed by atoms with Gasteiger partial charge in [-0.15, -0.1) is 0 Å². The van der Waals surface area contributed by atoms with Crippen molar-refractivity contribution in [3.8, 4) is 0 Å². The summed E-state index contributed by atoms with van der Waals surface area (Å²) < 4.78 is 14.7. The number of nitrogens with two attached hydrogens (primary N) is 1. The predicted molar refractivity (Wildman–Crippen MR) is 89.1 cm³/mol. The highest BCUT2D eigenvalue weighted by Crippen LogP contribution is 2.30. The van der Waals surface area contributed by atoms with E-state index < -0.39 is 0 Å². The van der Waals surface area contributed by atoms with Crippen LogP contribution in [0, 0.1) is 5.82 Å². The quantitative estimate of drug-likeness (QED) is 0.827. The van der Waals surface area contributed by atoms with Gasteiger partial charge in [0.05, 0.1) is 5.69 Å². The highest BCUT2D eigenvalue weighted by atomic mass is 79.9. The summed E-state index contributed by atoms with van der Waals surface area (Å²) in [6, 6.07) is 12.3. The number of hydrogen-bond donors (Lipinski definition) is 1. The number of para-hydroxylation sites is 1. The summed E-state index contributed by atoms with van der Waals surface area (Å²) in [5.74, 6) is -0.246. The Kier molecular flexibility index (Phi) is 4.73. The number of anilines is 2. The molecule has 0 saturated carbocycles. The standard InChI is InChI=1S/C15H14BrFN2S/c1-2-19(14-6-4-3-5-13(14)17)10-7-8-11(15(18)20)12(16)9-10/h3-9H,2H2,1H3,(H2,18,20). The van der Waals surface area contributed by atoms with E-state index in [0.717, 1.165) is 15.7 Å². The van der Waals surface area contributed by atoms with Crippen molar-refractivity contribution in [1.82, 2.24) is 0 Å². The normalized spacial score (nSPS) is 10.3. The van der Waals surface area contributed by atoms with E-state index in [4.69, 9.17) is 18.0 Å². The Bertz CT molecular complexity index is 646. The summed E-state index contributed by atoms with van der Waals surface area (Å²) in [6.07, 6.45) is 0. The molecule has 2 rings (SSSR count). The fourth-order valence-corrected chi connectivity index (χ4v) is 2.92. The van der Waals surface area contributed by atoms with Crippen LogP contribution in [0.2, 0.25) is 0 Å². The zero-order valence-corrected chi connectivity index (χ0v) is 13.3. The van der Waals surface area contributed by atoms with Crippen LogP contribution in [0.15, 0.2) is 46.9 Å². The maximum Gasteiger partial charge on any atom is 0.146 e. The van der Waals surface area contributed by atoms with Crippen LogP contribution in [0.3, 0.4) is 0 Å². The molecule has 0 aliphatic rings. The average Bonchev–Trinajstić information content (AvgIpc) is 2.41. The van der Waals surface area contributed by atoms with Gasteiger partial charge >= 0.3 is 0 Å². The first kappa shape index (κ1) is 14.9. The number of benzene rings is 2. The van der Waals surface area contributed by atoms with Gasteiger partial charge in [0.25, 0.3) is 0 Å². The molecule has 0 bridgehead atoms. The summed E-state index contributed by atoms with van der Waals surface area (Å²) >= 11 is 8.42. The summed E-state index contributed by atoms with van der Waals surface area (Å²) in [7, 11) is 0.